The minimum absolute atomic E-state index is 0. The van der Waals surface area contributed by atoms with E-state index >= 15 is 0 Å². The maximum absolute atomic E-state index is 4.25. The van der Waals surface area contributed by atoms with E-state index in [9.17, 15) is 0 Å². The molecular formula is C9H14ClN3. The van der Waals surface area contributed by atoms with Crippen LogP contribution in [0, 0.1) is 0 Å². The van der Waals surface area contributed by atoms with E-state index in [2.05, 4.69) is 15.3 Å². The lowest BCUT2D eigenvalue weighted by atomic mass is 9.96. The van der Waals surface area contributed by atoms with Gasteiger partial charge in [0.15, 0.2) is 0 Å². The second-order valence-corrected chi connectivity index (χ2v) is 3.18. The fraction of sp³-hybridized carbons (Fsp3) is 0.556. The SMILES string of the molecule is Cl.c1cc(C2CCCNC2)ncn1. The van der Waals surface area contributed by atoms with E-state index in [1.54, 1.807) is 6.33 Å². The van der Waals surface area contributed by atoms with Crippen molar-refractivity contribution in [3.05, 3.63) is 24.3 Å². The van der Waals surface area contributed by atoms with Crippen LogP contribution in [0.2, 0.25) is 0 Å². The Morgan fingerprint density at radius 1 is 1.46 bits per heavy atom. The largest absolute Gasteiger partial charge is 0.316 e. The van der Waals surface area contributed by atoms with Crippen LogP contribution in [0.5, 0.6) is 0 Å². The van der Waals surface area contributed by atoms with Crippen molar-refractivity contribution in [1.29, 1.82) is 0 Å². The summed E-state index contributed by atoms with van der Waals surface area (Å²) in [6.45, 7) is 2.22. The first-order valence-electron chi connectivity index (χ1n) is 4.43. The fourth-order valence-electron chi connectivity index (χ4n) is 1.65. The molecule has 1 aliphatic rings. The lowest BCUT2D eigenvalue weighted by molar-refractivity contribution is 0.454. The van der Waals surface area contributed by atoms with Gasteiger partial charge in [-0.2, -0.15) is 0 Å². The van der Waals surface area contributed by atoms with Crippen molar-refractivity contribution in [2.75, 3.05) is 13.1 Å². The molecule has 13 heavy (non-hydrogen) atoms. The highest BCUT2D eigenvalue weighted by atomic mass is 35.5. The number of piperidine rings is 1. The molecular weight excluding hydrogens is 186 g/mol. The van der Waals surface area contributed by atoms with Crippen LogP contribution in [0.3, 0.4) is 0 Å². The van der Waals surface area contributed by atoms with Gasteiger partial charge in [-0.25, -0.2) is 9.97 Å². The molecule has 2 heterocycles. The maximum atomic E-state index is 4.25. The number of nitrogens with one attached hydrogen (secondary N) is 1. The molecule has 1 unspecified atom stereocenters. The van der Waals surface area contributed by atoms with Crippen molar-refractivity contribution in [2.45, 2.75) is 18.8 Å². The fourth-order valence-corrected chi connectivity index (χ4v) is 1.65. The first-order chi connectivity index (χ1) is 5.97. The molecule has 0 saturated carbocycles. The summed E-state index contributed by atoms with van der Waals surface area (Å²) in [6.07, 6.45) is 5.96. The van der Waals surface area contributed by atoms with Crippen molar-refractivity contribution >= 4 is 12.4 Å². The van der Waals surface area contributed by atoms with E-state index in [0.717, 1.165) is 13.1 Å². The predicted octanol–water partition coefficient (Wildman–Crippen LogP) is 1.37. The van der Waals surface area contributed by atoms with Crippen molar-refractivity contribution < 1.29 is 0 Å². The zero-order valence-corrected chi connectivity index (χ0v) is 8.26. The molecule has 0 amide bonds. The normalized spacial score (nSPS) is 22.0. The molecule has 0 spiro atoms. The zero-order chi connectivity index (χ0) is 8.23. The van der Waals surface area contributed by atoms with Crippen LogP contribution in [-0.4, -0.2) is 23.1 Å². The molecule has 1 aliphatic heterocycles. The minimum atomic E-state index is 0. The Balaban J connectivity index is 0.000000845. The molecule has 0 bridgehead atoms. The Kier molecular flexibility index (Phi) is 4.12. The molecule has 0 aliphatic carbocycles. The average Bonchev–Trinajstić information content (AvgIpc) is 2.21. The summed E-state index contributed by atoms with van der Waals surface area (Å²) in [5.74, 6) is 0.599. The van der Waals surface area contributed by atoms with Gasteiger partial charge >= 0.3 is 0 Å². The van der Waals surface area contributed by atoms with Gasteiger partial charge < -0.3 is 5.32 Å². The number of aromatic nitrogens is 2. The molecule has 1 aromatic heterocycles. The number of nitrogens with zero attached hydrogens (tertiary/aromatic N) is 2. The van der Waals surface area contributed by atoms with Gasteiger partial charge in [0, 0.05) is 24.4 Å². The smallest absolute Gasteiger partial charge is 0.115 e. The lowest BCUT2D eigenvalue weighted by Gasteiger charge is -2.21. The van der Waals surface area contributed by atoms with Gasteiger partial charge in [-0.15, -0.1) is 12.4 Å². The topological polar surface area (TPSA) is 37.8 Å². The molecule has 72 valence electrons. The maximum Gasteiger partial charge on any atom is 0.115 e. The van der Waals surface area contributed by atoms with Crippen LogP contribution in [0.4, 0.5) is 0 Å². The summed E-state index contributed by atoms with van der Waals surface area (Å²) >= 11 is 0. The van der Waals surface area contributed by atoms with E-state index in [1.807, 2.05) is 12.3 Å². The Labute approximate surface area is 84.4 Å². The van der Waals surface area contributed by atoms with Crippen LogP contribution in [0.25, 0.3) is 0 Å². The highest BCUT2D eigenvalue weighted by molar-refractivity contribution is 5.85. The highest BCUT2D eigenvalue weighted by Gasteiger charge is 2.15. The number of rotatable bonds is 1. The van der Waals surface area contributed by atoms with Crippen molar-refractivity contribution in [3.63, 3.8) is 0 Å². The van der Waals surface area contributed by atoms with E-state index in [4.69, 9.17) is 0 Å². The van der Waals surface area contributed by atoms with Gasteiger partial charge in [0.25, 0.3) is 0 Å². The third-order valence-electron chi connectivity index (χ3n) is 2.32. The molecule has 0 aromatic carbocycles. The van der Waals surface area contributed by atoms with Gasteiger partial charge in [-0.3, -0.25) is 0 Å². The molecule has 1 atom stereocenters. The molecule has 2 rings (SSSR count). The van der Waals surface area contributed by atoms with Gasteiger partial charge in [-0.05, 0) is 25.5 Å². The zero-order valence-electron chi connectivity index (χ0n) is 7.44. The molecule has 1 aromatic rings. The quantitative estimate of drug-likeness (QED) is 0.743. The predicted molar refractivity (Wildman–Crippen MR) is 54.1 cm³/mol. The van der Waals surface area contributed by atoms with Crippen LogP contribution in [0.15, 0.2) is 18.6 Å². The van der Waals surface area contributed by atoms with E-state index in [-0.39, 0.29) is 12.4 Å². The summed E-state index contributed by atoms with van der Waals surface area (Å²) < 4.78 is 0. The van der Waals surface area contributed by atoms with Crippen LogP contribution in [-0.2, 0) is 0 Å². The number of halogens is 1. The second-order valence-electron chi connectivity index (χ2n) is 3.18. The Morgan fingerprint density at radius 2 is 2.38 bits per heavy atom. The summed E-state index contributed by atoms with van der Waals surface area (Å²) in [6, 6.07) is 2.01. The summed E-state index contributed by atoms with van der Waals surface area (Å²) in [5, 5.41) is 3.37. The van der Waals surface area contributed by atoms with Gasteiger partial charge in [0.1, 0.15) is 6.33 Å². The first-order valence-corrected chi connectivity index (χ1v) is 4.43. The number of hydrogen-bond acceptors (Lipinski definition) is 3. The molecule has 3 nitrogen and oxygen atoms in total. The minimum Gasteiger partial charge on any atom is -0.316 e. The number of hydrogen-bond donors (Lipinski definition) is 1. The van der Waals surface area contributed by atoms with Gasteiger partial charge in [-0.1, -0.05) is 0 Å². The molecule has 0 radical (unpaired) electrons. The summed E-state index contributed by atoms with van der Waals surface area (Å²) in [7, 11) is 0. The van der Waals surface area contributed by atoms with Crippen LogP contribution in [0.1, 0.15) is 24.5 Å². The molecule has 4 heteroatoms. The Hall–Kier alpha value is -0.670. The third-order valence-corrected chi connectivity index (χ3v) is 2.32. The second kappa shape index (κ2) is 5.14. The van der Waals surface area contributed by atoms with E-state index < -0.39 is 0 Å². The van der Waals surface area contributed by atoms with Crippen molar-refractivity contribution in [2.24, 2.45) is 0 Å². The van der Waals surface area contributed by atoms with Gasteiger partial charge in [0.05, 0.1) is 0 Å². The van der Waals surface area contributed by atoms with Crippen molar-refractivity contribution in [3.8, 4) is 0 Å². The molecule has 1 N–H and O–H groups in total. The van der Waals surface area contributed by atoms with Gasteiger partial charge in [0.2, 0.25) is 0 Å². The molecule has 1 saturated heterocycles. The van der Waals surface area contributed by atoms with E-state index in [1.165, 1.54) is 18.5 Å². The Morgan fingerprint density at radius 3 is 3.00 bits per heavy atom. The highest BCUT2D eigenvalue weighted by Crippen LogP contribution is 2.19. The van der Waals surface area contributed by atoms with Crippen LogP contribution < -0.4 is 5.32 Å². The standard InChI is InChI=1S/C9H13N3.ClH/c1-2-8(6-10-4-1)9-3-5-11-7-12-9;/h3,5,7-8,10H,1-2,4,6H2;1H. The third kappa shape index (κ3) is 2.64. The van der Waals surface area contributed by atoms with Crippen LogP contribution >= 0.6 is 12.4 Å². The first kappa shape index (κ1) is 10.4. The van der Waals surface area contributed by atoms with Crippen molar-refractivity contribution in [1.82, 2.24) is 15.3 Å². The molecule has 1 fully saturated rings. The van der Waals surface area contributed by atoms with E-state index in [0.29, 0.717) is 5.92 Å². The summed E-state index contributed by atoms with van der Waals surface area (Å²) in [5.41, 5.74) is 1.18. The Bertz CT molecular complexity index is 234. The monoisotopic (exact) mass is 199 g/mol. The summed E-state index contributed by atoms with van der Waals surface area (Å²) in [4.78, 5) is 8.16. The lowest BCUT2D eigenvalue weighted by Crippen LogP contribution is -2.28. The average molecular weight is 200 g/mol.